The Bertz CT molecular complexity index is 365. The molecule has 2 atom stereocenters. The molecular formula is C16H27NO2S. The minimum absolute atomic E-state index is 0.0728. The van der Waals surface area contributed by atoms with Gasteiger partial charge in [0.05, 0.1) is 19.6 Å². The van der Waals surface area contributed by atoms with Crippen molar-refractivity contribution in [2.75, 3.05) is 7.11 Å². The van der Waals surface area contributed by atoms with Gasteiger partial charge in [-0.1, -0.05) is 38.7 Å². The molecule has 1 N–H and O–H groups in total. The zero-order chi connectivity index (χ0) is 14.8. The molecule has 1 aromatic rings. The first-order valence-electron chi connectivity index (χ1n) is 7.53. The van der Waals surface area contributed by atoms with Crippen molar-refractivity contribution in [2.24, 2.45) is 0 Å². The van der Waals surface area contributed by atoms with Crippen LogP contribution >= 0.6 is 11.3 Å². The first-order chi connectivity index (χ1) is 9.67. The summed E-state index contributed by atoms with van der Waals surface area (Å²) in [6, 6.07) is 4.60. The van der Waals surface area contributed by atoms with Gasteiger partial charge in [-0.2, -0.15) is 0 Å². The van der Waals surface area contributed by atoms with E-state index in [-0.39, 0.29) is 12.0 Å². The van der Waals surface area contributed by atoms with Gasteiger partial charge in [0.15, 0.2) is 0 Å². The van der Waals surface area contributed by atoms with Gasteiger partial charge < -0.3 is 10.1 Å². The zero-order valence-electron chi connectivity index (χ0n) is 12.9. The molecule has 20 heavy (non-hydrogen) atoms. The fraction of sp³-hybridized carbons (Fsp3) is 0.688. The van der Waals surface area contributed by atoms with Crippen LogP contribution in [0.5, 0.6) is 0 Å². The van der Waals surface area contributed by atoms with E-state index in [1.165, 1.54) is 37.7 Å². The number of hydrogen-bond donors (Lipinski definition) is 1. The minimum Gasteiger partial charge on any atom is -0.469 e. The molecule has 0 spiro atoms. The Morgan fingerprint density at radius 3 is 2.80 bits per heavy atom. The molecule has 0 aliphatic heterocycles. The lowest BCUT2D eigenvalue weighted by Crippen LogP contribution is -2.31. The molecule has 0 saturated heterocycles. The van der Waals surface area contributed by atoms with Gasteiger partial charge in [-0.05, 0) is 24.8 Å². The summed E-state index contributed by atoms with van der Waals surface area (Å²) in [6.07, 6.45) is 6.67. The predicted octanol–water partition coefficient (Wildman–Crippen LogP) is 4.30. The second-order valence-electron chi connectivity index (χ2n) is 5.27. The lowest BCUT2D eigenvalue weighted by Gasteiger charge is -2.22. The Morgan fingerprint density at radius 2 is 2.20 bits per heavy atom. The van der Waals surface area contributed by atoms with Gasteiger partial charge in [0.25, 0.3) is 0 Å². The highest BCUT2D eigenvalue weighted by molar-refractivity contribution is 7.10. The van der Waals surface area contributed by atoms with Gasteiger partial charge in [0.2, 0.25) is 0 Å². The molecule has 0 amide bonds. The van der Waals surface area contributed by atoms with E-state index in [0.717, 1.165) is 6.42 Å². The molecule has 1 aromatic heterocycles. The van der Waals surface area contributed by atoms with Crippen molar-refractivity contribution in [1.29, 1.82) is 0 Å². The average Bonchev–Trinajstić information content (AvgIpc) is 2.97. The van der Waals surface area contributed by atoms with E-state index in [0.29, 0.717) is 12.5 Å². The van der Waals surface area contributed by atoms with Crippen LogP contribution in [0.4, 0.5) is 0 Å². The standard InChI is InChI=1S/C16H27NO2S/c1-4-5-6-7-9-13(2)17-14(12-16(18)19-3)15-10-8-11-20-15/h8,10-11,13-14,17H,4-7,9,12H2,1-3H3. The lowest BCUT2D eigenvalue weighted by molar-refractivity contribution is -0.141. The first kappa shape index (κ1) is 17.2. The van der Waals surface area contributed by atoms with Gasteiger partial charge in [0, 0.05) is 10.9 Å². The molecule has 2 unspecified atom stereocenters. The van der Waals surface area contributed by atoms with Crippen LogP contribution in [0.1, 0.15) is 63.3 Å². The zero-order valence-corrected chi connectivity index (χ0v) is 13.7. The number of nitrogens with one attached hydrogen (secondary N) is 1. The van der Waals surface area contributed by atoms with Crippen LogP contribution in [0.3, 0.4) is 0 Å². The molecule has 1 rings (SSSR count). The van der Waals surface area contributed by atoms with Crippen LogP contribution in [0.15, 0.2) is 17.5 Å². The Morgan fingerprint density at radius 1 is 1.40 bits per heavy atom. The molecule has 0 aliphatic carbocycles. The lowest BCUT2D eigenvalue weighted by atomic mass is 10.1. The molecule has 3 nitrogen and oxygen atoms in total. The third-order valence-corrected chi connectivity index (χ3v) is 4.45. The van der Waals surface area contributed by atoms with Crippen molar-refractivity contribution in [3.8, 4) is 0 Å². The van der Waals surface area contributed by atoms with E-state index in [1.807, 2.05) is 11.4 Å². The van der Waals surface area contributed by atoms with Crippen molar-refractivity contribution in [2.45, 2.75) is 64.5 Å². The number of carbonyl (C=O) groups excluding carboxylic acids is 1. The quantitative estimate of drug-likeness (QED) is 0.517. The third kappa shape index (κ3) is 6.53. The van der Waals surface area contributed by atoms with Crippen molar-refractivity contribution >= 4 is 17.3 Å². The summed E-state index contributed by atoms with van der Waals surface area (Å²) in [6.45, 7) is 4.43. The summed E-state index contributed by atoms with van der Waals surface area (Å²) >= 11 is 1.69. The van der Waals surface area contributed by atoms with E-state index in [9.17, 15) is 4.79 Å². The summed E-state index contributed by atoms with van der Waals surface area (Å²) in [7, 11) is 1.45. The van der Waals surface area contributed by atoms with Crippen molar-refractivity contribution in [1.82, 2.24) is 5.32 Å². The van der Waals surface area contributed by atoms with E-state index in [4.69, 9.17) is 4.74 Å². The van der Waals surface area contributed by atoms with Crippen LogP contribution in [0.25, 0.3) is 0 Å². The number of rotatable bonds is 10. The number of ether oxygens (including phenoxy) is 1. The maximum Gasteiger partial charge on any atom is 0.307 e. The Balaban J connectivity index is 2.45. The normalized spacial score (nSPS) is 13.9. The van der Waals surface area contributed by atoms with Gasteiger partial charge in [-0.25, -0.2) is 0 Å². The third-order valence-electron chi connectivity index (χ3n) is 3.46. The highest BCUT2D eigenvalue weighted by atomic mass is 32.1. The Kier molecular flexibility index (Phi) is 8.54. The average molecular weight is 297 g/mol. The van der Waals surface area contributed by atoms with E-state index < -0.39 is 0 Å². The van der Waals surface area contributed by atoms with Crippen molar-refractivity contribution in [3.05, 3.63) is 22.4 Å². The maximum absolute atomic E-state index is 11.5. The summed E-state index contributed by atoms with van der Waals surface area (Å²) in [5.74, 6) is -0.158. The molecule has 0 aliphatic rings. The molecule has 4 heteroatoms. The number of thiophene rings is 1. The second-order valence-corrected chi connectivity index (χ2v) is 6.24. The minimum atomic E-state index is -0.158. The number of carbonyl (C=O) groups is 1. The molecule has 0 bridgehead atoms. The molecule has 0 aromatic carbocycles. The number of esters is 1. The van der Waals surface area contributed by atoms with E-state index in [1.54, 1.807) is 11.3 Å². The predicted molar refractivity (Wildman–Crippen MR) is 85.0 cm³/mol. The van der Waals surface area contributed by atoms with Crippen LogP contribution in [-0.2, 0) is 9.53 Å². The fourth-order valence-corrected chi connectivity index (χ4v) is 3.07. The highest BCUT2D eigenvalue weighted by Gasteiger charge is 2.19. The van der Waals surface area contributed by atoms with E-state index in [2.05, 4.69) is 25.2 Å². The van der Waals surface area contributed by atoms with Crippen molar-refractivity contribution in [3.63, 3.8) is 0 Å². The SMILES string of the molecule is CCCCCCC(C)NC(CC(=O)OC)c1cccs1. The van der Waals surface area contributed by atoms with Crippen LogP contribution in [0, 0.1) is 0 Å². The summed E-state index contributed by atoms with van der Waals surface area (Å²) in [4.78, 5) is 12.7. The number of hydrogen-bond acceptors (Lipinski definition) is 4. The maximum atomic E-state index is 11.5. The molecule has 114 valence electrons. The van der Waals surface area contributed by atoms with Crippen LogP contribution < -0.4 is 5.32 Å². The second kappa shape index (κ2) is 9.94. The Hall–Kier alpha value is -0.870. The number of unbranched alkanes of at least 4 members (excludes halogenated alkanes) is 3. The van der Waals surface area contributed by atoms with Gasteiger partial charge in [-0.15, -0.1) is 11.3 Å². The van der Waals surface area contributed by atoms with Gasteiger partial charge in [0.1, 0.15) is 0 Å². The molecule has 1 heterocycles. The van der Waals surface area contributed by atoms with Crippen LogP contribution in [0.2, 0.25) is 0 Å². The molecular weight excluding hydrogens is 270 g/mol. The van der Waals surface area contributed by atoms with Gasteiger partial charge >= 0.3 is 5.97 Å². The first-order valence-corrected chi connectivity index (χ1v) is 8.41. The molecule has 0 fully saturated rings. The fourth-order valence-electron chi connectivity index (χ4n) is 2.29. The largest absolute Gasteiger partial charge is 0.469 e. The number of methoxy groups -OCH3 is 1. The summed E-state index contributed by atoms with van der Waals surface area (Å²) in [5, 5.41) is 5.62. The Labute approximate surface area is 126 Å². The topological polar surface area (TPSA) is 38.3 Å². The smallest absolute Gasteiger partial charge is 0.307 e. The van der Waals surface area contributed by atoms with Crippen molar-refractivity contribution < 1.29 is 9.53 Å². The van der Waals surface area contributed by atoms with Gasteiger partial charge in [-0.3, -0.25) is 4.79 Å². The van der Waals surface area contributed by atoms with Crippen LogP contribution in [-0.4, -0.2) is 19.1 Å². The molecule has 0 radical (unpaired) electrons. The highest BCUT2D eigenvalue weighted by Crippen LogP contribution is 2.23. The summed E-state index contributed by atoms with van der Waals surface area (Å²) < 4.78 is 4.80. The summed E-state index contributed by atoms with van der Waals surface area (Å²) in [5.41, 5.74) is 0. The monoisotopic (exact) mass is 297 g/mol. The molecule has 0 saturated carbocycles. The van der Waals surface area contributed by atoms with E-state index >= 15 is 0 Å².